The summed E-state index contributed by atoms with van der Waals surface area (Å²) < 4.78 is 54.9. The molecule has 7 heteroatoms. The highest BCUT2D eigenvalue weighted by Crippen LogP contribution is 2.33. The molecule has 0 fully saturated rings. The quantitative estimate of drug-likeness (QED) is 0.672. The van der Waals surface area contributed by atoms with Crippen LogP contribution in [-0.2, 0) is 26.3 Å². The van der Waals surface area contributed by atoms with Gasteiger partial charge >= 0.3 is 0 Å². The van der Waals surface area contributed by atoms with Gasteiger partial charge in [-0.2, -0.15) is 0 Å². The van der Waals surface area contributed by atoms with E-state index in [1.54, 1.807) is 25.1 Å². The molecular weight excluding hydrogens is 406 g/mol. The topological polar surface area (TPSA) is 80.3 Å². The third-order valence-electron chi connectivity index (χ3n) is 5.24. The molecule has 0 spiro atoms. The molecule has 1 unspecified atom stereocenters. The molecule has 1 N–H and O–H groups in total. The van der Waals surface area contributed by atoms with Gasteiger partial charge in [-0.25, -0.2) is 21.6 Å². The first kappa shape index (κ1) is 19.8. The lowest BCUT2D eigenvalue weighted by atomic mass is 10.1. The summed E-state index contributed by atoms with van der Waals surface area (Å²) in [6.45, 7) is 1.66. The smallest absolute Gasteiger partial charge is 0.219 e. The predicted octanol–water partition coefficient (Wildman–Crippen LogP) is 3.79. The Balaban J connectivity index is 1.71. The first-order valence-electron chi connectivity index (χ1n) is 9.30. The van der Waals surface area contributed by atoms with E-state index in [-0.39, 0.29) is 20.7 Å². The standard InChI is InChI=1S/C22H21NO4S2/c1-16-11-13-19(28(24,25)18-8-3-2-4-9-18)15-22(16)29(26,27)23-21-14-12-17-7-5-6-10-20(17)21/h2-11,13,15,21,23H,12,14H2,1H3. The van der Waals surface area contributed by atoms with Gasteiger partial charge in [0.2, 0.25) is 19.9 Å². The van der Waals surface area contributed by atoms with Gasteiger partial charge in [0.05, 0.1) is 14.7 Å². The zero-order valence-corrected chi connectivity index (χ0v) is 17.5. The number of fused-ring (bicyclic) bond motifs is 1. The van der Waals surface area contributed by atoms with Crippen LogP contribution in [0, 0.1) is 6.92 Å². The van der Waals surface area contributed by atoms with Crippen molar-refractivity contribution in [1.29, 1.82) is 0 Å². The summed E-state index contributed by atoms with van der Waals surface area (Å²) in [5.41, 5.74) is 2.61. The Bertz CT molecular complexity index is 1270. The fourth-order valence-corrected chi connectivity index (χ4v) is 6.61. The van der Waals surface area contributed by atoms with E-state index in [1.165, 1.54) is 30.3 Å². The molecule has 0 saturated heterocycles. The van der Waals surface area contributed by atoms with Crippen molar-refractivity contribution in [2.75, 3.05) is 0 Å². The molecule has 1 atom stereocenters. The summed E-state index contributed by atoms with van der Waals surface area (Å²) >= 11 is 0. The molecule has 3 aromatic rings. The molecule has 0 bridgehead atoms. The predicted molar refractivity (Wildman–Crippen MR) is 111 cm³/mol. The Kier molecular flexibility index (Phi) is 5.06. The fourth-order valence-electron chi connectivity index (χ4n) is 3.70. The van der Waals surface area contributed by atoms with E-state index in [9.17, 15) is 16.8 Å². The third kappa shape index (κ3) is 3.73. The van der Waals surface area contributed by atoms with Crippen LogP contribution >= 0.6 is 0 Å². The Morgan fingerprint density at radius 3 is 2.28 bits per heavy atom. The number of nitrogens with one attached hydrogen (secondary N) is 1. The Hall–Kier alpha value is -2.48. The monoisotopic (exact) mass is 427 g/mol. The minimum absolute atomic E-state index is 0.0149. The van der Waals surface area contributed by atoms with Gasteiger partial charge in [0, 0.05) is 6.04 Å². The second-order valence-electron chi connectivity index (χ2n) is 7.16. The maximum absolute atomic E-state index is 13.1. The average Bonchev–Trinajstić information content (AvgIpc) is 3.11. The van der Waals surface area contributed by atoms with Gasteiger partial charge in [-0.05, 0) is 60.7 Å². The first-order valence-corrected chi connectivity index (χ1v) is 12.3. The largest absolute Gasteiger partial charge is 0.241 e. The summed E-state index contributed by atoms with van der Waals surface area (Å²) in [6.07, 6.45) is 1.49. The van der Waals surface area contributed by atoms with Crippen molar-refractivity contribution >= 4 is 19.9 Å². The molecule has 150 valence electrons. The summed E-state index contributed by atoms with van der Waals surface area (Å²) in [5.74, 6) is 0. The SMILES string of the molecule is Cc1ccc(S(=O)(=O)c2ccccc2)cc1S(=O)(=O)NC1CCc2ccccc21. The Morgan fingerprint density at radius 1 is 0.828 bits per heavy atom. The van der Waals surface area contributed by atoms with Gasteiger partial charge in [0.15, 0.2) is 0 Å². The van der Waals surface area contributed by atoms with Crippen molar-refractivity contribution in [2.45, 2.75) is 40.5 Å². The highest BCUT2D eigenvalue weighted by Gasteiger charge is 2.29. The van der Waals surface area contributed by atoms with Crippen molar-refractivity contribution < 1.29 is 16.8 Å². The zero-order chi connectivity index (χ0) is 20.6. The molecule has 0 aromatic heterocycles. The highest BCUT2D eigenvalue weighted by atomic mass is 32.2. The molecule has 0 saturated carbocycles. The van der Waals surface area contributed by atoms with Crippen LogP contribution in [0.3, 0.4) is 0 Å². The molecule has 1 aliphatic carbocycles. The fraction of sp³-hybridized carbons (Fsp3) is 0.182. The lowest BCUT2D eigenvalue weighted by Gasteiger charge is -2.16. The molecule has 4 rings (SSSR count). The Labute approximate surface area is 171 Å². The van der Waals surface area contributed by atoms with Crippen LogP contribution in [0.2, 0.25) is 0 Å². The minimum Gasteiger partial charge on any atom is -0.219 e. The van der Waals surface area contributed by atoms with Crippen LogP contribution in [0.25, 0.3) is 0 Å². The second-order valence-corrected chi connectivity index (χ2v) is 10.8. The van der Waals surface area contributed by atoms with Crippen molar-refractivity contribution in [3.05, 3.63) is 89.5 Å². The first-order chi connectivity index (χ1) is 13.8. The molecule has 5 nitrogen and oxygen atoms in total. The molecule has 0 amide bonds. The van der Waals surface area contributed by atoms with E-state index in [0.29, 0.717) is 12.0 Å². The van der Waals surface area contributed by atoms with Gasteiger partial charge in [0.25, 0.3) is 0 Å². The summed E-state index contributed by atoms with van der Waals surface area (Å²) in [6, 6.07) is 19.7. The van der Waals surface area contributed by atoms with Gasteiger partial charge in [-0.1, -0.05) is 48.5 Å². The van der Waals surface area contributed by atoms with E-state index in [2.05, 4.69) is 4.72 Å². The maximum Gasteiger partial charge on any atom is 0.241 e. The maximum atomic E-state index is 13.1. The van der Waals surface area contributed by atoms with Crippen molar-refractivity contribution in [3.8, 4) is 0 Å². The van der Waals surface area contributed by atoms with Crippen LogP contribution in [0.5, 0.6) is 0 Å². The summed E-state index contributed by atoms with van der Waals surface area (Å²) in [7, 11) is -7.70. The molecule has 0 aliphatic heterocycles. The number of aryl methyl sites for hydroxylation is 2. The van der Waals surface area contributed by atoms with Gasteiger partial charge in [-0.3, -0.25) is 0 Å². The van der Waals surface area contributed by atoms with Crippen molar-refractivity contribution in [3.63, 3.8) is 0 Å². The molecule has 1 aliphatic rings. The van der Waals surface area contributed by atoms with E-state index < -0.39 is 19.9 Å². The second kappa shape index (κ2) is 7.40. The van der Waals surface area contributed by atoms with Crippen LogP contribution < -0.4 is 4.72 Å². The van der Waals surface area contributed by atoms with Crippen LogP contribution in [0.4, 0.5) is 0 Å². The number of hydrogen-bond acceptors (Lipinski definition) is 4. The highest BCUT2D eigenvalue weighted by molar-refractivity contribution is 7.91. The van der Waals surface area contributed by atoms with E-state index >= 15 is 0 Å². The third-order valence-corrected chi connectivity index (χ3v) is 8.62. The normalized spacial score (nSPS) is 16.5. The summed E-state index contributed by atoms with van der Waals surface area (Å²) in [5, 5.41) is 0. The lowest BCUT2D eigenvalue weighted by molar-refractivity contribution is 0.553. The van der Waals surface area contributed by atoms with Gasteiger partial charge < -0.3 is 0 Å². The number of sulfonamides is 1. The van der Waals surface area contributed by atoms with Crippen LogP contribution in [0.15, 0.2) is 87.5 Å². The van der Waals surface area contributed by atoms with Gasteiger partial charge in [-0.15, -0.1) is 0 Å². The minimum atomic E-state index is -3.90. The van der Waals surface area contributed by atoms with E-state index in [1.807, 2.05) is 24.3 Å². The molecule has 0 radical (unpaired) electrons. The van der Waals surface area contributed by atoms with Gasteiger partial charge in [0.1, 0.15) is 0 Å². The molecule has 29 heavy (non-hydrogen) atoms. The zero-order valence-electron chi connectivity index (χ0n) is 15.9. The summed E-state index contributed by atoms with van der Waals surface area (Å²) in [4.78, 5) is 0.0743. The van der Waals surface area contributed by atoms with Crippen molar-refractivity contribution in [1.82, 2.24) is 4.72 Å². The van der Waals surface area contributed by atoms with E-state index in [0.717, 1.165) is 17.5 Å². The number of benzene rings is 3. The number of rotatable bonds is 5. The average molecular weight is 428 g/mol. The molecule has 3 aromatic carbocycles. The number of hydrogen-bond donors (Lipinski definition) is 1. The van der Waals surface area contributed by atoms with Crippen LogP contribution in [0.1, 0.15) is 29.2 Å². The number of sulfone groups is 1. The lowest BCUT2D eigenvalue weighted by Crippen LogP contribution is -2.28. The molecular formula is C22H21NO4S2. The van der Waals surface area contributed by atoms with Crippen LogP contribution in [-0.4, -0.2) is 16.8 Å². The Morgan fingerprint density at radius 2 is 1.52 bits per heavy atom. The molecule has 0 heterocycles. The van der Waals surface area contributed by atoms with Crippen molar-refractivity contribution in [2.24, 2.45) is 0 Å². The van der Waals surface area contributed by atoms with E-state index in [4.69, 9.17) is 0 Å².